The second-order valence-electron chi connectivity index (χ2n) is 7.70. The van der Waals surface area contributed by atoms with E-state index in [-0.39, 0.29) is 61.3 Å². The molecule has 0 saturated carbocycles. The molecule has 6 nitrogen and oxygen atoms in total. The fourth-order valence-electron chi connectivity index (χ4n) is 2.98. The summed E-state index contributed by atoms with van der Waals surface area (Å²) >= 11 is 0. The third-order valence-corrected chi connectivity index (χ3v) is 4.76. The average Bonchev–Trinajstić information content (AvgIpc) is 2.95. The minimum atomic E-state index is -1.08. The van der Waals surface area contributed by atoms with E-state index in [4.69, 9.17) is 9.90 Å². The molecule has 0 aromatic heterocycles. The van der Waals surface area contributed by atoms with E-state index in [1.165, 1.54) is 0 Å². The van der Waals surface area contributed by atoms with Crippen LogP contribution < -0.4 is 15.3 Å². The van der Waals surface area contributed by atoms with Crippen LogP contribution in [-0.2, 0) is 4.79 Å². The molecule has 0 aliphatic heterocycles. The van der Waals surface area contributed by atoms with Crippen molar-refractivity contribution in [2.45, 2.75) is 6.92 Å². The Morgan fingerprint density at radius 1 is 0.462 bits per heavy atom. The molecule has 0 unspecified atom stereocenters. The number of ketones is 2. The maximum Gasteiger partial charge on any atom is 3.00 e. The van der Waals surface area contributed by atoms with Crippen LogP contribution in [0.2, 0.25) is 0 Å². The first-order valence-electron chi connectivity index (χ1n) is 11.5. The van der Waals surface area contributed by atoms with Gasteiger partial charge in [-0.1, -0.05) is 133 Å². The zero-order valence-corrected chi connectivity index (χ0v) is 23.0. The van der Waals surface area contributed by atoms with Crippen molar-refractivity contribution in [3.8, 4) is 0 Å². The van der Waals surface area contributed by atoms with E-state index in [2.05, 4.69) is 0 Å². The van der Waals surface area contributed by atoms with Crippen molar-refractivity contribution in [1.29, 1.82) is 0 Å². The van der Waals surface area contributed by atoms with Gasteiger partial charge in [0, 0.05) is 17.1 Å². The molecule has 4 aromatic carbocycles. The number of hydrogen-bond donors (Lipinski definition) is 0. The van der Waals surface area contributed by atoms with Crippen LogP contribution in [0.15, 0.2) is 133 Å². The monoisotopic (exact) mass is 669 g/mol. The van der Waals surface area contributed by atoms with E-state index in [1.54, 1.807) is 97.1 Å². The molecule has 0 atom stereocenters. The number of carboxylic acids is 1. The average molecular weight is 668 g/mol. The van der Waals surface area contributed by atoms with Gasteiger partial charge < -0.3 is 20.1 Å². The van der Waals surface area contributed by atoms with Gasteiger partial charge in [-0.15, -0.1) is 0 Å². The standard InChI is InChI=1S/2C15H12O2.C2H4O2.Dy/c2*16-14(12-7-3-1-4-8-12)11-15(17)13-9-5-2-6-10-13;1-2(3)4;/h2*1-11,16H;1H3,(H,3,4);/q;;;+3/p-3. The van der Waals surface area contributed by atoms with Gasteiger partial charge in [-0.3, -0.25) is 9.59 Å². The number of rotatable bonds is 6. The summed E-state index contributed by atoms with van der Waals surface area (Å²) in [6, 6.07) is 35.0. The molecule has 39 heavy (non-hydrogen) atoms. The Bertz CT molecular complexity index is 1260. The molecule has 4 rings (SSSR count). The first-order valence-corrected chi connectivity index (χ1v) is 11.5. The summed E-state index contributed by atoms with van der Waals surface area (Å²) in [5.74, 6) is -2.14. The number of hydrogen-bond acceptors (Lipinski definition) is 6. The van der Waals surface area contributed by atoms with Crippen molar-refractivity contribution in [1.82, 2.24) is 0 Å². The van der Waals surface area contributed by atoms with Crippen LogP contribution in [0.3, 0.4) is 0 Å². The first kappa shape index (κ1) is 33.1. The summed E-state index contributed by atoms with van der Waals surface area (Å²) in [5, 5.41) is 32.4. The molecule has 0 N–H and O–H groups in total. The van der Waals surface area contributed by atoms with Gasteiger partial charge in [-0.25, -0.2) is 0 Å². The van der Waals surface area contributed by atoms with Crippen LogP contribution in [0.1, 0.15) is 38.8 Å². The number of carboxylic acid groups (broad SMARTS) is 1. The molecule has 0 fully saturated rings. The van der Waals surface area contributed by atoms with E-state index in [9.17, 15) is 19.8 Å². The molecule has 1 radical (unpaired) electrons. The maximum absolute atomic E-state index is 11.8. The van der Waals surface area contributed by atoms with Gasteiger partial charge in [0.15, 0.2) is 11.6 Å². The molecule has 0 spiro atoms. The van der Waals surface area contributed by atoms with Gasteiger partial charge in [0.2, 0.25) is 0 Å². The van der Waals surface area contributed by atoms with Crippen molar-refractivity contribution in [2.75, 3.05) is 0 Å². The van der Waals surface area contributed by atoms with E-state index in [0.29, 0.717) is 22.3 Å². The van der Waals surface area contributed by atoms with Crippen LogP contribution in [-0.4, -0.2) is 17.5 Å². The number of carbonyl (C=O) groups is 3. The second-order valence-corrected chi connectivity index (χ2v) is 7.70. The van der Waals surface area contributed by atoms with Crippen molar-refractivity contribution in [3.05, 3.63) is 156 Å². The third kappa shape index (κ3) is 12.9. The fourth-order valence-corrected chi connectivity index (χ4v) is 2.98. The van der Waals surface area contributed by atoms with Gasteiger partial charge in [-0.05, 0) is 30.2 Å². The Labute approximate surface area is 258 Å². The zero-order chi connectivity index (χ0) is 27.8. The summed E-state index contributed by atoms with van der Waals surface area (Å²) in [4.78, 5) is 32.4. The number of benzene rings is 4. The Morgan fingerprint density at radius 3 is 0.897 bits per heavy atom. The predicted octanol–water partition coefficient (Wildman–Crippen LogP) is 3.30. The van der Waals surface area contributed by atoms with Crippen LogP contribution in [0.25, 0.3) is 11.5 Å². The number of aliphatic carboxylic acids is 1. The minimum Gasteiger partial charge on any atom is -0.872 e. The molecule has 4 aromatic rings. The smallest absolute Gasteiger partial charge is 0.872 e. The second kappa shape index (κ2) is 18.3. The molecule has 0 heterocycles. The zero-order valence-electron chi connectivity index (χ0n) is 21.0. The molecule has 0 aliphatic carbocycles. The molecule has 199 valence electrons. The Morgan fingerprint density at radius 2 is 0.667 bits per heavy atom. The Kier molecular flexibility index (Phi) is 15.5. The van der Waals surface area contributed by atoms with Crippen LogP contribution in [0.4, 0.5) is 0 Å². The molecule has 0 bridgehead atoms. The van der Waals surface area contributed by atoms with Gasteiger partial charge in [0.1, 0.15) is 0 Å². The van der Waals surface area contributed by atoms with Crippen LogP contribution in [0.5, 0.6) is 0 Å². The largest absolute Gasteiger partial charge is 3.00 e. The molecular formula is C32H25DyO6. The Balaban J connectivity index is 0.000000336. The predicted molar refractivity (Wildman–Crippen MR) is 141 cm³/mol. The van der Waals surface area contributed by atoms with Gasteiger partial charge >= 0.3 is 38.2 Å². The SMILES string of the molecule is CC(=O)[O-].O=C(C=C([O-])c1ccccc1)c1ccccc1.O=C(C=C([O-])c1ccccc1)c1ccccc1.[Dy+3]. The van der Waals surface area contributed by atoms with E-state index in [1.807, 2.05) is 24.3 Å². The van der Waals surface area contributed by atoms with Gasteiger partial charge in [0.25, 0.3) is 0 Å². The van der Waals surface area contributed by atoms with Crippen molar-refractivity contribution >= 4 is 29.1 Å². The maximum atomic E-state index is 11.8. The molecule has 7 heteroatoms. The number of carbonyl (C=O) groups excluding carboxylic acids is 3. The van der Waals surface area contributed by atoms with Crippen LogP contribution in [0, 0.1) is 38.2 Å². The quantitative estimate of drug-likeness (QED) is 0.177. The minimum absolute atomic E-state index is 0. The molecule has 0 aliphatic rings. The molecule has 0 amide bonds. The third-order valence-electron chi connectivity index (χ3n) is 4.76. The van der Waals surface area contributed by atoms with Gasteiger partial charge in [-0.2, -0.15) is 0 Å². The van der Waals surface area contributed by atoms with E-state index in [0.717, 1.165) is 19.1 Å². The van der Waals surface area contributed by atoms with Crippen LogP contribution >= 0.6 is 0 Å². The van der Waals surface area contributed by atoms with Crippen molar-refractivity contribution in [2.24, 2.45) is 0 Å². The fraction of sp³-hybridized carbons (Fsp3) is 0.0312. The van der Waals surface area contributed by atoms with E-state index < -0.39 is 5.97 Å². The summed E-state index contributed by atoms with van der Waals surface area (Å²) in [7, 11) is 0. The summed E-state index contributed by atoms with van der Waals surface area (Å²) in [6.07, 6.45) is 2.26. The molecule has 0 saturated heterocycles. The summed E-state index contributed by atoms with van der Waals surface area (Å²) < 4.78 is 0. The number of allylic oxidation sites excluding steroid dienone is 2. The van der Waals surface area contributed by atoms with E-state index >= 15 is 0 Å². The first-order chi connectivity index (χ1) is 18.3. The van der Waals surface area contributed by atoms with Crippen molar-refractivity contribution in [3.63, 3.8) is 0 Å². The Hall–Kier alpha value is -3.96. The summed E-state index contributed by atoms with van der Waals surface area (Å²) in [5.41, 5.74) is 2.10. The summed E-state index contributed by atoms with van der Waals surface area (Å²) in [6.45, 7) is 0.972. The normalized spacial score (nSPS) is 10.4. The molecular weight excluding hydrogens is 643 g/mol. The van der Waals surface area contributed by atoms with Gasteiger partial charge in [0.05, 0.1) is 0 Å². The van der Waals surface area contributed by atoms with Crippen molar-refractivity contribution < 1.29 is 67.9 Å². The topological polar surface area (TPSA) is 120 Å².